The van der Waals surface area contributed by atoms with Gasteiger partial charge in [-0.1, -0.05) is 11.6 Å². The van der Waals surface area contributed by atoms with Crippen LogP contribution in [0.2, 0.25) is 5.02 Å². The Morgan fingerprint density at radius 1 is 1.48 bits per heavy atom. The first-order chi connectivity index (χ1) is 9.61. The highest BCUT2D eigenvalue weighted by atomic mass is 79.9. The van der Waals surface area contributed by atoms with Gasteiger partial charge in [-0.15, -0.1) is 12.4 Å². The molecule has 1 aliphatic rings. The van der Waals surface area contributed by atoms with E-state index in [4.69, 9.17) is 16.3 Å². The van der Waals surface area contributed by atoms with Crippen molar-refractivity contribution in [3.63, 3.8) is 0 Å². The number of carbonyl (C=O) groups excluding carboxylic acids is 1. The molecule has 0 saturated carbocycles. The molecule has 2 N–H and O–H groups in total. The maximum absolute atomic E-state index is 12.3. The maximum atomic E-state index is 12.3. The number of anilines is 1. The van der Waals surface area contributed by atoms with Crippen molar-refractivity contribution in [3.05, 3.63) is 21.6 Å². The number of carbonyl (C=O) groups is 1. The molecule has 0 bridgehead atoms. The summed E-state index contributed by atoms with van der Waals surface area (Å²) in [6.45, 7) is 4.20. The van der Waals surface area contributed by atoms with Crippen molar-refractivity contribution in [2.45, 2.75) is 19.8 Å². The molecule has 7 heteroatoms. The van der Waals surface area contributed by atoms with E-state index in [9.17, 15) is 4.79 Å². The molecule has 0 aromatic heterocycles. The first-order valence-electron chi connectivity index (χ1n) is 6.75. The number of nitrogens with one attached hydrogen (secondary N) is 2. The van der Waals surface area contributed by atoms with Crippen LogP contribution in [0.15, 0.2) is 16.6 Å². The van der Waals surface area contributed by atoms with Gasteiger partial charge in [0.2, 0.25) is 5.91 Å². The van der Waals surface area contributed by atoms with Gasteiger partial charge in [0, 0.05) is 10.9 Å². The molecule has 118 valence electrons. The van der Waals surface area contributed by atoms with Gasteiger partial charge in [-0.05, 0) is 60.9 Å². The molecular weight excluding hydrogens is 379 g/mol. The molecule has 4 nitrogen and oxygen atoms in total. The Kier molecular flexibility index (Phi) is 7.81. The molecule has 1 amide bonds. The van der Waals surface area contributed by atoms with Gasteiger partial charge in [0.15, 0.2) is 5.75 Å². The summed E-state index contributed by atoms with van der Waals surface area (Å²) in [6.07, 6.45) is 1.72. The molecule has 0 radical (unpaired) electrons. The van der Waals surface area contributed by atoms with Crippen LogP contribution in [0.4, 0.5) is 5.69 Å². The summed E-state index contributed by atoms with van der Waals surface area (Å²) in [4.78, 5) is 12.3. The second kappa shape index (κ2) is 8.83. The quantitative estimate of drug-likeness (QED) is 0.810. The van der Waals surface area contributed by atoms with Crippen LogP contribution in [0, 0.1) is 5.92 Å². The van der Waals surface area contributed by atoms with Crippen molar-refractivity contribution in [2.24, 2.45) is 5.92 Å². The van der Waals surface area contributed by atoms with Gasteiger partial charge in [0.25, 0.3) is 0 Å². The van der Waals surface area contributed by atoms with Crippen LogP contribution >= 0.6 is 39.9 Å². The molecule has 0 spiro atoms. The smallest absolute Gasteiger partial charge is 0.227 e. The van der Waals surface area contributed by atoms with E-state index in [0.29, 0.717) is 23.1 Å². The summed E-state index contributed by atoms with van der Waals surface area (Å²) in [6, 6.07) is 3.48. The molecule has 1 saturated heterocycles. The molecule has 0 aliphatic carbocycles. The molecule has 21 heavy (non-hydrogen) atoms. The van der Waals surface area contributed by atoms with Crippen LogP contribution in [0.3, 0.4) is 0 Å². The van der Waals surface area contributed by atoms with Crippen molar-refractivity contribution in [1.29, 1.82) is 0 Å². The third-order valence-electron chi connectivity index (χ3n) is 3.26. The molecule has 1 aromatic rings. The molecule has 1 aromatic carbocycles. The Morgan fingerprint density at radius 2 is 2.14 bits per heavy atom. The Balaban J connectivity index is 0.00000220. The lowest BCUT2D eigenvalue weighted by molar-refractivity contribution is -0.120. The average molecular weight is 398 g/mol. The van der Waals surface area contributed by atoms with E-state index in [0.717, 1.165) is 30.4 Å². The largest absolute Gasteiger partial charge is 0.491 e. The topological polar surface area (TPSA) is 50.4 Å². The molecule has 0 atom stereocenters. The van der Waals surface area contributed by atoms with E-state index in [1.807, 2.05) is 6.92 Å². The molecule has 0 unspecified atom stereocenters. The van der Waals surface area contributed by atoms with E-state index >= 15 is 0 Å². The van der Waals surface area contributed by atoms with Gasteiger partial charge in [-0.3, -0.25) is 4.79 Å². The molecule has 1 fully saturated rings. The fourth-order valence-corrected chi connectivity index (χ4v) is 3.19. The summed E-state index contributed by atoms with van der Waals surface area (Å²) in [5.74, 6) is 0.698. The maximum Gasteiger partial charge on any atom is 0.227 e. The first-order valence-corrected chi connectivity index (χ1v) is 7.92. The Hall–Kier alpha value is -0.490. The van der Waals surface area contributed by atoms with E-state index in [1.54, 1.807) is 12.1 Å². The summed E-state index contributed by atoms with van der Waals surface area (Å²) in [5, 5.41) is 6.75. The van der Waals surface area contributed by atoms with Crippen molar-refractivity contribution in [3.8, 4) is 5.75 Å². The lowest BCUT2D eigenvalue weighted by Gasteiger charge is -2.22. The van der Waals surface area contributed by atoms with E-state index in [2.05, 4.69) is 26.6 Å². The number of benzene rings is 1. The predicted octanol–water partition coefficient (Wildman–Crippen LogP) is 3.86. The molecule has 1 aliphatic heterocycles. The highest BCUT2D eigenvalue weighted by molar-refractivity contribution is 9.10. The zero-order valence-electron chi connectivity index (χ0n) is 11.7. The number of hydrogen-bond donors (Lipinski definition) is 2. The summed E-state index contributed by atoms with van der Waals surface area (Å²) < 4.78 is 6.32. The second-order valence-corrected chi connectivity index (χ2v) is 6.00. The van der Waals surface area contributed by atoms with E-state index in [-0.39, 0.29) is 24.2 Å². The summed E-state index contributed by atoms with van der Waals surface area (Å²) >= 11 is 9.46. The van der Waals surface area contributed by atoms with Crippen LogP contribution in [0.5, 0.6) is 5.75 Å². The Bertz CT molecular complexity index is 494. The fraction of sp³-hybridized carbons (Fsp3) is 0.500. The monoisotopic (exact) mass is 396 g/mol. The standard InChI is InChI=1S/C14H18BrClN2O2.ClH/c1-2-20-13-11(15)7-10(16)8-12(13)18-14(19)9-3-5-17-6-4-9;/h7-9,17H,2-6H2,1H3,(H,18,19);1H. The zero-order valence-corrected chi connectivity index (χ0v) is 14.9. The minimum absolute atomic E-state index is 0. The van der Waals surface area contributed by atoms with Crippen molar-refractivity contribution in [1.82, 2.24) is 5.32 Å². The lowest BCUT2D eigenvalue weighted by atomic mass is 9.97. The van der Waals surface area contributed by atoms with Gasteiger partial charge >= 0.3 is 0 Å². The summed E-state index contributed by atoms with van der Waals surface area (Å²) in [7, 11) is 0. The van der Waals surface area contributed by atoms with Gasteiger partial charge in [-0.2, -0.15) is 0 Å². The van der Waals surface area contributed by atoms with Gasteiger partial charge in [0.05, 0.1) is 16.8 Å². The third kappa shape index (κ3) is 5.02. The predicted molar refractivity (Wildman–Crippen MR) is 91.8 cm³/mol. The van der Waals surface area contributed by atoms with Crippen molar-refractivity contribution in [2.75, 3.05) is 25.0 Å². The summed E-state index contributed by atoms with van der Waals surface area (Å²) in [5.41, 5.74) is 0.620. The van der Waals surface area contributed by atoms with Crippen LogP contribution < -0.4 is 15.4 Å². The third-order valence-corrected chi connectivity index (χ3v) is 4.07. The lowest BCUT2D eigenvalue weighted by Crippen LogP contribution is -2.34. The second-order valence-electron chi connectivity index (χ2n) is 4.71. The normalized spacial score (nSPS) is 15.2. The number of halogens is 3. The van der Waals surface area contributed by atoms with Gasteiger partial charge < -0.3 is 15.4 Å². The number of amides is 1. The minimum atomic E-state index is 0. The number of rotatable bonds is 4. The van der Waals surface area contributed by atoms with Gasteiger partial charge in [-0.25, -0.2) is 0 Å². The SMILES string of the molecule is CCOc1c(Br)cc(Cl)cc1NC(=O)C1CCNCC1.Cl. The Morgan fingerprint density at radius 3 is 2.76 bits per heavy atom. The van der Waals surface area contributed by atoms with Crippen molar-refractivity contribution < 1.29 is 9.53 Å². The van der Waals surface area contributed by atoms with Crippen LogP contribution in [-0.2, 0) is 4.79 Å². The van der Waals surface area contributed by atoms with Crippen molar-refractivity contribution >= 4 is 51.5 Å². The van der Waals surface area contributed by atoms with Crippen LogP contribution in [-0.4, -0.2) is 25.6 Å². The highest BCUT2D eigenvalue weighted by Crippen LogP contribution is 2.37. The minimum Gasteiger partial charge on any atom is -0.491 e. The number of ether oxygens (including phenoxy) is 1. The zero-order chi connectivity index (χ0) is 14.5. The molecular formula is C14H19BrCl2N2O2. The van der Waals surface area contributed by atoms with Gasteiger partial charge in [0.1, 0.15) is 0 Å². The van der Waals surface area contributed by atoms with E-state index in [1.165, 1.54) is 0 Å². The van der Waals surface area contributed by atoms with E-state index < -0.39 is 0 Å². The first kappa shape index (κ1) is 18.6. The average Bonchev–Trinajstić information content (AvgIpc) is 2.43. The highest BCUT2D eigenvalue weighted by Gasteiger charge is 2.22. The molecule has 2 rings (SSSR count). The number of piperidine rings is 1. The Labute approximate surface area is 144 Å². The molecule has 1 heterocycles. The fourth-order valence-electron chi connectivity index (χ4n) is 2.26. The number of hydrogen-bond acceptors (Lipinski definition) is 3. The van der Waals surface area contributed by atoms with Crippen LogP contribution in [0.25, 0.3) is 0 Å². The van der Waals surface area contributed by atoms with Crippen LogP contribution in [0.1, 0.15) is 19.8 Å².